The van der Waals surface area contributed by atoms with Crippen LogP contribution >= 0.6 is 0 Å². The number of Topliss-reactive ketones (excluding diaryl/α,β-unsaturated/α-hetero) is 1. The molecule has 2 N–H and O–H groups in total. The van der Waals surface area contributed by atoms with Gasteiger partial charge in [-0.25, -0.2) is 13.9 Å². The third kappa shape index (κ3) is 5.80. The van der Waals surface area contributed by atoms with Crippen molar-refractivity contribution < 1.29 is 28.3 Å². The molecule has 0 bridgehead atoms. The summed E-state index contributed by atoms with van der Waals surface area (Å²) in [5, 5.41) is 13.4. The minimum Gasteiger partial charge on any atom is -0.442 e. The number of anilines is 2. The van der Waals surface area contributed by atoms with Crippen LogP contribution in [0.3, 0.4) is 0 Å². The molecule has 0 saturated carbocycles. The van der Waals surface area contributed by atoms with E-state index in [1.807, 2.05) is 6.07 Å². The Bertz CT molecular complexity index is 1600. The third-order valence-electron chi connectivity index (χ3n) is 6.33. The van der Waals surface area contributed by atoms with Crippen molar-refractivity contribution in [1.82, 2.24) is 20.3 Å². The molecular weight excluding hydrogens is 519 g/mol. The van der Waals surface area contributed by atoms with Crippen LogP contribution in [0.4, 0.5) is 20.6 Å². The summed E-state index contributed by atoms with van der Waals surface area (Å²) in [6, 6.07) is 17.9. The van der Waals surface area contributed by atoms with E-state index in [9.17, 15) is 19.2 Å². The molecule has 0 radical (unpaired) electrons. The summed E-state index contributed by atoms with van der Waals surface area (Å²) in [6.07, 6.45) is -1.35. The number of carbonyl (C=O) groups is 4. The zero-order valence-corrected chi connectivity index (χ0v) is 21.5. The molecule has 2 heterocycles. The first-order valence-corrected chi connectivity index (χ1v) is 12.5. The van der Waals surface area contributed by atoms with E-state index in [4.69, 9.17) is 4.74 Å². The van der Waals surface area contributed by atoms with E-state index < -0.39 is 18.0 Å². The van der Waals surface area contributed by atoms with Gasteiger partial charge in [0, 0.05) is 31.0 Å². The minimum absolute atomic E-state index is 0.00538. The minimum atomic E-state index is -0.657. The van der Waals surface area contributed by atoms with Crippen molar-refractivity contribution in [3.63, 3.8) is 0 Å². The fourth-order valence-corrected chi connectivity index (χ4v) is 4.35. The standard InChI is InChI=1S/C28H25FN6O5/c1-17(36)31-19-8-6-18(7-9-19)26(37)12-13-27(38)30-15-21-16-34(28(39)40-21)20-10-11-24(22(29)14-20)35-25-5-3-2-4-23(25)32-33-35/h2-11,14,21H,12-13,15-16H2,1H3,(H,30,38)(H,31,36). The highest BCUT2D eigenvalue weighted by Crippen LogP contribution is 2.26. The lowest BCUT2D eigenvalue weighted by Gasteiger charge is -2.14. The Morgan fingerprint density at radius 2 is 1.82 bits per heavy atom. The van der Waals surface area contributed by atoms with E-state index in [1.165, 1.54) is 28.6 Å². The van der Waals surface area contributed by atoms with E-state index in [0.29, 0.717) is 28.0 Å². The summed E-state index contributed by atoms with van der Waals surface area (Å²) in [5.41, 5.74) is 2.77. The van der Waals surface area contributed by atoms with Crippen LogP contribution in [0.1, 0.15) is 30.1 Å². The monoisotopic (exact) mass is 544 g/mol. The molecule has 0 spiro atoms. The second kappa shape index (κ2) is 11.3. The Labute approximate surface area is 227 Å². The fraction of sp³-hybridized carbons (Fsp3) is 0.214. The van der Waals surface area contributed by atoms with Crippen LogP contribution in [0, 0.1) is 5.82 Å². The summed E-state index contributed by atoms with van der Waals surface area (Å²) >= 11 is 0. The average molecular weight is 545 g/mol. The summed E-state index contributed by atoms with van der Waals surface area (Å²) in [5.74, 6) is -1.39. The number of hydrogen-bond donors (Lipinski definition) is 2. The van der Waals surface area contributed by atoms with Crippen molar-refractivity contribution in [2.45, 2.75) is 25.9 Å². The zero-order chi connectivity index (χ0) is 28.2. The number of ketones is 1. The number of benzene rings is 3. The maximum Gasteiger partial charge on any atom is 0.414 e. The summed E-state index contributed by atoms with van der Waals surface area (Å²) in [6.45, 7) is 1.55. The normalized spacial score (nSPS) is 14.7. The predicted octanol–water partition coefficient (Wildman–Crippen LogP) is 3.62. The van der Waals surface area contributed by atoms with Gasteiger partial charge in [-0.2, -0.15) is 0 Å². The van der Waals surface area contributed by atoms with Crippen LogP contribution in [-0.2, 0) is 14.3 Å². The number of cyclic esters (lactones) is 1. The van der Waals surface area contributed by atoms with Gasteiger partial charge in [-0.3, -0.25) is 19.3 Å². The third-order valence-corrected chi connectivity index (χ3v) is 6.33. The molecule has 3 aromatic carbocycles. The van der Waals surface area contributed by atoms with Crippen LogP contribution in [0.15, 0.2) is 66.7 Å². The second-order valence-electron chi connectivity index (χ2n) is 9.23. The number of carbonyl (C=O) groups excluding carboxylic acids is 4. The number of halogens is 1. The highest BCUT2D eigenvalue weighted by Gasteiger charge is 2.33. The Morgan fingerprint density at radius 1 is 1.05 bits per heavy atom. The van der Waals surface area contributed by atoms with Crippen molar-refractivity contribution >= 4 is 46.1 Å². The molecule has 1 atom stereocenters. The van der Waals surface area contributed by atoms with Crippen LogP contribution in [0.2, 0.25) is 0 Å². The Balaban J connectivity index is 1.13. The van der Waals surface area contributed by atoms with E-state index in [0.717, 1.165) is 0 Å². The van der Waals surface area contributed by atoms with E-state index >= 15 is 4.39 Å². The number of hydrogen-bond acceptors (Lipinski definition) is 7. The van der Waals surface area contributed by atoms with Gasteiger partial charge in [-0.15, -0.1) is 5.10 Å². The lowest BCUT2D eigenvalue weighted by Crippen LogP contribution is -2.34. The first kappa shape index (κ1) is 26.5. The number of nitrogens with zero attached hydrogens (tertiary/aromatic N) is 4. The molecule has 12 heteroatoms. The highest BCUT2D eigenvalue weighted by molar-refractivity contribution is 5.98. The van der Waals surface area contributed by atoms with E-state index in [1.54, 1.807) is 48.5 Å². The molecule has 5 rings (SSSR count). The van der Waals surface area contributed by atoms with E-state index in [2.05, 4.69) is 20.9 Å². The molecule has 1 aliphatic rings. The first-order valence-electron chi connectivity index (χ1n) is 12.5. The smallest absolute Gasteiger partial charge is 0.414 e. The lowest BCUT2D eigenvalue weighted by atomic mass is 10.1. The molecule has 1 aromatic heterocycles. The fourth-order valence-electron chi connectivity index (χ4n) is 4.35. The molecule has 40 heavy (non-hydrogen) atoms. The van der Waals surface area contributed by atoms with Crippen LogP contribution in [0.25, 0.3) is 16.7 Å². The van der Waals surface area contributed by atoms with Gasteiger partial charge in [-0.1, -0.05) is 17.3 Å². The molecule has 1 unspecified atom stereocenters. The summed E-state index contributed by atoms with van der Waals surface area (Å²) < 4.78 is 21.8. The van der Waals surface area contributed by atoms with Gasteiger partial charge in [0.15, 0.2) is 11.6 Å². The van der Waals surface area contributed by atoms with Crippen molar-refractivity contribution in [2.75, 3.05) is 23.3 Å². The Kier molecular flexibility index (Phi) is 7.49. The molecule has 11 nitrogen and oxygen atoms in total. The average Bonchev–Trinajstić information content (AvgIpc) is 3.54. The first-order chi connectivity index (χ1) is 19.3. The number of fused-ring (bicyclic) bond motifs is 1. The molecule has 1 aliphatic heterocycles. The molecule has 1 fully saturated rings. The lowest BCUT2D eigenvalue weighted by molar-refractivity contribution is -0.121. The van der Waals surface area contributed by atoms with Crippen LogP contribution < -0.4 is 15.5 Å². The molecule has 0 aliphatic carbocycles. The van der Waals surface area contributed by atoms with Gasteiger partial charge in [0.1, 0.15) is 17.3 Å². The predicted molar refractivity (Wildman–Crippen MR) is 144 cm³/mol. The largest absolute Gasteiger partial charge is 0.442 e. The maximum absolute atomic E-state index is 15.0. The van der Waals surface area contributed by atoms with E-state index in [-0.39, 0.29) is 49.2 Å². The van der Waals surface area contributed by atoms with Gasteiger partial charge in [0.2, 0.25) is 11.8 Å². The Morgan fingerprint density at radius 3 is 2.58 bits per heavy atom. The van der Waals surface area contributed by atoms with Crippen LogP contribution in [-0.4, -0.2) is 57.9 Å². The number of aromatic nitrogens is 3. The quantitative estimate of drug-likeness (QED) is 0.307. The van der Waals surface area contributed by atoms with Gasteiger partial charge in [-0.05, 0) is 54.6 Å². The van der Waals surface area contributed by atoms with Gasteiger partial charge >= 0.3 is 6.09 Å². The van der Waals surface area contributed by atoms with Gasteiger partial charge in [0.05, 0.1) is 24.3 Å². The number of ether oxygens (including phenoxy) is 1. The van der Waals surface area contributed by atoms with Crippen molar-refractivity contribution in [2.24, 2.45) is 0 Å². The molecular formula is C28H25FN6O5. The van der Waals surface area contributed by atoms with Crippen LogP contribution in [0.5, 0.6) is 0 Å². The van der Waals surface area contributed by atoms with Crippen molar-refractivity contribution in [1.29, 1.82) is 0 Å². The topological polar surface area (TPSA) is 136 Å². The van der Waals surface area contributed by atoms with Crippen molar-refractivity contribution in [3.05, 3.63) is 78.1 Å². The van der Waals surface area contributed by atoms with Gasteiger partial charge < -0.3 is 15.4 Å². The SMILES string of the molecule is CC(=O)Nc1ccc(C(=O)CCC(=O)NCC2CN(c3ccc(-n4nnc5ccccc54)c(F)c3)C(=O)O2)cc1. The zero-order valence-electron chi connectivity index (χ0n) is 21.5. The number of rotatable bonds is 9. The number of amides is 3. The summed E-state index contributed by atoms with van der Waals surface area (Å²) in [7, 11) is 0. The second-order valence-corrected chi connectivity index (χ2v) is 9.23. The maximum atomic E-state index is 15.0. The Hall–Kier alpha value is -5.13. The van der Waals surface area contributed by atoms with Crippen molar-refractivity contribution in [3.8, 4) is 5.69 Å². The molecule has 204 valence electrons. The molecule has 1 saturated heterocycles. The molecule has 4 aromatic rings. The molecule has 3 amide bonds. The number of para-hydroxylation sites is 1. The highest BCUT2D eigenvalue weighted by atomic mass is 19.1. The summed E-state index contributed by atoms with van der Waals surface area (Å²) in [4.78, 5) is 49.5. The van der Waals surface area contributed by atoms with Gasteiger partial charge in [0.25, 0.3) is 0 Å². The number of nitrogens with one attached hydrogen (secondary N) is 2.